The second-order valence-electron chi connectivity index (χ2n) is 5.56. The van der Waals surface area contributed by atoms with E-state index < -0.39 is 0 Å². The molecule has 0 fully saturated rings. The maximum absolute atomic E-state index is 2.27. The third-order valence-corrected chi connectivity index (χ3v) is 6.39. The molecule has 3 rings (SSSR count). The van der Waals surface area contributed by atoms with Gasteiger partial charge in [0, 0.05) is 0 Å². The first-order valence-corrected chi connectivity index (χ1v) is 9.29. The Morgan fingerprint density at radius 3 is 1.64 bits per heavy atom. The van der Waals surface area contributed by atoms with Gasteiger partial charge in [-0.1, -0.05) is 90.5 Å². The third-order valence-electron chi connectivity index (χ3n) is 3.88. The van der Waals surface area contributed by atoms with E-state index in [2.05, 4.69) is 91.9 Å². The first-order chi connectivity index (χ1) is 10.8. The van der Waals surface area contributed by atoms with E-state index in [4.69, 9.17) is 0 Å². The number of aryl methyl sites for hydroxylation is 2. The lowest BCUT2D eigenvalue weighted by Crippen LogP contribution is -2.14. The van der Waals surface area contributed by atoms with Crippen molar-refractivity contribution in [3.8, 4) is 0 Å². The minimum Gasteiger partial charge on any atom is -0.0622 e. The molecular weight excluding hydrogens is 283 g/mol. The van der Waals surface area contributed by atoms with Gasteiger partial charge >= 0.3 is 0 Å². The molecule has 0 nitrogen and oxygen atoms in total. The fourth-order valence-corrected chi connectivity index (χ4v) is 4.98. The van der Waals surface area contributed by atoms with Gasteiger partial charge in [0.15, 0.2) is 0 Å². The van der Waals surface area contributed by atoms with Gasteiger partial charge in [-0.05, 0) is 43.6 Å². The largest absolute Gasteiger partial charge is 0.0622 e. The van der Waals surface area contributed by atoms with Crippen LogP contribution in [0.1, 0.15) is 11.1 Å². The average molecular weight is 304 g/mol. The summed E-state index contributed by atoms with van der Waals surface area (Å²) in [5, 5.41) is 2.94. The molecule has 0 amide bonds. The van der Waals surface area contributed by atoms with Crippen molar-refractivity contribution in [1.29, 1.82) is 0 Å². The molecule has 0 heterocycles. The van der Waals surface area contributed by atoms with Crippen molar-refractivity contribution in [3.63, 3.8) is 0 Å². The molecule has 0 aliphatic rings. The van der Waals surface area contributed by atoms with Gasteiger partial charge in [-0.2, -0.15) is 0 Å². The molecule has 0 saturated heterocycles. The monoisotopic (exact) mass is 304 g/mol. The molecule has 0 unspecified atom stereocenters. The quantitative estimate of drug-likeness (QED) is 0.601. The Morgan fingerprint density at radius 1 is 0.636 bits per heavy atom. The Bertz CT molecular complexity index is 647. The van der Waals surface area contributed by atoms with Crippen LogP contribution in [0.5, 0.6) is 0 Å². The third kappa shape index (κ3) is 3.84. The average Bonchev–Trinajstić information content (AvgIpc) is 2.59. The van der Waals surface area contributed by atoms with Crippen LogP contribution in [-0.4, -0.2) is 6.16 Å². The van der Waals surface area contributed by atoms with Gasteiger partial charge in [-0.3, -0.25) is 0 Å². The predicted octanol–water partition coefficient (Wildman–Crippen LogP) is 4.67. The molecule has 110 valence electrons. The lowest BCUT2D eigenvalue weighted by molar-refractivity contribution is 1.15. The summed E-state index contributed by atoms with van der Waals surface area (Å²) >= 11 is 0. The van der Waals surface area contributed by atoms with Crippen LogP contribution in [0.25, 0.3) is 0 Å². The molecule has 0 bridgehead atoms. The Balaban J connectivity index is 1.81. The van der Waals surface area contributed by atoms with Crippen LogP contribution in [-0.2, 0) is 6.42 Å². The van der Waals surface area contributed by atoms with Crippen LogP contribution in [0.4, 0.5) is 0 Å². The fourth-order valence-electron chi connectivity index (χ4n) is 2.62. The second-order valence-corrected chi connectivity index (χ2v) is 7.89. The zero-order valence-electron chi connectivity index (χ0n) is 12.9. The zero-order valence-corrected chi connectivity index (χ0v) is 13.8. The highest BCUT2D eigenvalue weighted by Crippen LogP contribution is 2.34. The molecule has 0 atom stereocenters. The van der Waals surface area contributed by atoms with Gasteiger partial charge in [0.25, 0.3) is 0 Å². The molecule has 0 spiro atoms. The van der Waals surface area contributed by atoms with Gasteiger partial charge in [0.1, 0.15) is 0 Å². The van der Waals surface area contributed by atoms with Crippen molar-refractivity contribution in [1.82, 2.24) is 0 Å². The highest BCUT2D eigenvalue weighted by molar-refractivity contribution is 7.73. The first-order valence-electron chi connectivity index (χ1n) is 7.76. The van der Waals surface area contributed by atoms with E-state index in [-0.39, 0.29) is 7.92 Å². The van der Waals surface area contributed by atoms with Crippen LogP contribution in [0.2, 0.25) is 0 Å². The Labute approximate surface area is 134 Å². The molecule has 0 saturated carbocycles. The van der Waals surface area contributed by atoms with Gasteiger partial charge in [-0.25, -0.2) is 0 Å². The molecule has 3 aromatic rings. The van der Waals surface area contributed by atoms with Crippen LogP contribution >= 0.6 is 7.92 Å². The summed E-state index contributed by atoms with van der Waals surface area (Å²) in [4.78, 5) is 0. The van der Waals surface area contributed by atoms with E-state index in [1.807, 2.05) is 0 Å². The van der Waals surface area contributed by atoms with Gasteiger partial charge in [0.05, 0.1) is 0 Å². The molecule has 0 aromatic heterocycles. The number of rotatable bonds is 5. The minimum absolute atomic E-state index is 0.282. The van der Waals surface area contributed by atoms with Crippen LogP contribution in [0.15, 0.2) is 84.9 Å². The first kappa shape index (κ1) is 15.0. The highest BCUT2D eigenvalue weighted by Gasteiger charge is 2.13. The van der Waals surface area contributed by atoms with E-state index in [1.54, 1.807) is 0 Å². The summed E-state index contributed by atoms with van der Waals surface area (Å²) in [5.74, 6) is 0. The minimum atomic E-state index is -0.282. The van der Waals surface area contributed by atoms with Crippen LogP contribution < -0.4 is 10.6 Å². The van der Waals surface area contributed by atoms with Gasteiger partial charge in [-0.15, -0.1) is 0 Å². The number of benzene rings is 3. The van der Waals surface area contributed by atoms with Crippen molar-refractivity contribution >= 4 is 18.5 Å². The Kier molecular flexibility index (Phi) is 5.03. The summed E-state index contributed by atoms with van der Waals surface area (Å²) in [6.07, 6.45) is 2.34. The van der Waals surface area contributed by atoms with E-state index in [0.29, 0.717) is 0 Å². The van der Waals surface area contributed by atoms with E-state index in [1.165, 1.54) is 27.9 Å². The smallest absolute Gasteiger partial charge is 0.0195 e. The lowest BCUT2D eigenvalue weighted by Gasteiger charge is -2.18. The molecule has 0 aliphatic heterocycles. The van der Waals surface area contributed by atoms with E-state index in [9.17, 15) is 0 Å². The standard InChI is InChI=1S/C21H21P/c1-18-12-14-19(15-13-18)16-17-22(20-8-4-2-5-9-20)21-10-6-3-7-11-21/h2-15H,16-17H2,1H3. The SMILES string of the molecule is Cc1ccc(CCP(c2ccccc2)c2ccccc2)cc1. The topological polar surface area (TPSA) is 0 Å². The molecule has 0 aliphatic carbocycles. The highest BCUT2D eigenvalue weighted by atomic mass is 31.1. The van der Waals surface area contributed by atoms with Crippen molar-refractivity contribution in [2.24, 2.45) is 0 Å². The Hall–Kier alpha value is -1.91. The second kappa shape index (κ2) is 7.38. The summed E-state index contributed by atoms with van der Waals surface area (Å²) < 4.78 is 0. The van der Waals surface area contributed by atoms with E-state index in [0.717, 1.165) is 6.42 Å². The predicted molar refractivity (Wildman–Crippen MR) is 98.8 cm³/mol. The van der Waals surface area contributed by atoms with Crippen LogP contribution in [0.3, 0.4) is 0 Å². The van der Waals surface area contributed by atoms with Gasteiger partial charge < -0.3 is 0 Å². The number of hydrogen-bond donors (Lipinski definition) is 0. The van der Waals surface area contributed by atoms with Gasteiger partial charge in [0.2, 0.25) is 0 Å². The number of hydrogen-bond acceptors (Lipinski definition) is 0. The molecular formula is C21H21P. The molecule has 1 heteroatoms. The lowest BCUT2D eigenvalue weighted by atomic mass is 10.1. The summed E-state index contributed by atoms with van der Waals surface area (Å²) in [7, 11) is -0.282. The molecule has 22 heavy (non-hydrogen) atoms. The van der Waals surface area contributed by atoms with Crippen molar-refractivity contribution in [3.05, 3.63) is 96.1 Å². The molecule has 3 aromatic carbocycles. The zero-order chi connectivity index (χ0) is 15.2. The maximum atomic E-state index is 2.27. The molecule has 0 N–H and O–H groups in total. The summed E-state index contributed by atoms with van der Waals surface area (Å²) in [5.41, 5.74) is 2.77. The van der Waals surface area contributed by atoms with Crippen molar-refractivity contribution < 1.29 is 0 Å². The summed E-state index contributed by atoms with van der Waals surface area (Å²) in [6.45, 7) is 2.14. The van der Waals surface area contributed by atoms with Crippen molar-refractivity contribution in [2.45, 2.75) is 13.3 Å². The van der Waals surface area contributed by atoms with E-state index >= 15 is 0 Å². The Morgan fingerprint density at radius 2 is 1.14 bits per heavy atom. The molecule has 0 radical (unpaired) electrons. The summed E-state index contributed by atoms with van der Waals surface area (Å²) in [6, 6.07) is 30.8. The maximum Gasteiger partial charge on any atom is -0.0195 e. The van der Waals surface area contributed by atoms with Crippen molar-refractivity contribution in [2.75, 3.05) is 6.16 Å². The fraction of sp³-hybridized carbons (Fsp3) is 0.143. The van der Waals surface area contributed by atoms with Crippen LogP contribution in [0, 0.1) is 6.92 Å². The normalized spacial score (nSPS) is 10.8.